The Hall–Kier alpha value is -2.56. The van der Waals surface area contributed by atoms with Gasteiger partial charge in [-0.2, -0.15) is 0 Å². The van der Waals surface area contributed by atoms with Crippen molar-refractivity contribution in [3.63, 3.8) is 0 Å². The summed E-state index contributed by atoms with van der Waals surface area (Å²) in [6, 6.07) is 10.8. The summed E-state index contributed by atoms with van der Waals surface area (Å²) < 4.78 is 10.6. The van der Waals surface area contributed by atoms with Crippen LogP contribution in [0.1, 0.15) is 5.56 Å². The lowest BCUT2D eigenvalue weighted by Gasteiger charge is -2.10. The maximum atomic E-state index is 11.8. The van der Waals surface area contributed by atoms with Gasteiger partial charge in [-0.05, 0) is 30.7 Å². The number of nitrogens with one attached hydrogen (secondary N) is 1. The summed E-state index contributed by atoms with van der Waals surface area (Å²) in [6.45, 7) is 1.83. The minimum Gasteiger partial charge on any atom is -0.493 e. The van der Waals surface area contributed by atoms with Crippen molar-refractivity contribution < 1.29 is 14.3 Å². The lowest BCUT2D eigenvalue weighted by atomic mass is 10.3. The number of para-hydroxylation sites is 2. The van der Waals surface area contributed by atoms with Crippen molar-refractivity contribution in [2.75, 3.05) is 19.0 Å². The number of aromatic nitrogens is 1. The van der Waals surface area contributed by atoms with Gasteiger partial charge in [-0.15, -0.1) is 0 Å². The molecule has 0 saturated heterocycles. The first-order valence-corrected chi connectivity index (χ1v) is 6.17. The second-order valence-corrected chi connectivity index (χ2v) is 4.21. The van der Waals surface area contributed by atoms with Gasteiger partial charge in [0.05, 0.1) is 7.11 Å². The standard InChI is InChI=1S/C15H16N2O3/c1-11-7-8-14(16-9-11)17-15(18)10-20-13-6-4-3-5-12(13)19-2/h3-9H,10H2,1-2H3,(H,16,17,18). The van der Waals surface area contributed by atoms with Gasteiger partial charge in [0, 0.05) is 6.20 Å². The summed E-state index contributed by atoms with van der Waals surface area (Å²) >= 11 is 0. The van der Waals surface area contributed by atoms with E-state index in [0.29, 0.717) is 17.3 Å². The van der Waals surface area contributed by atoms with E-state index in [2.05, 4.69) is 10.3 Å². The fourth-order valence-corrected chi connectivity index (χ4v) is 1.60. The molecule has 0 aliphatic rings. The summed E-state index contributed by atoms with van der Waals surface area (Å²) in [5, 5.41) is 2.66. The highest BCUT2D eigenvalue weighted by molar-refractivity contribution is 5.90. The van der Waals surface area contributed by atoms with E-state index in [1.165, 1.54) is 0 Å². The Morgan fingerprint density at radius 3 is 2.60 bits per heavy atom. The fourth-order valence-electron chi connectivity index (χ4n) is 1.60. The molecule has 0 fully saturated rings. The van der Waals surface area contributed by atoms with E-state index in [1.54, 1.807) is 31.5 Å². The van der Waals surface area contributed by atoms with Gasteiger partial charge in [-0.25, -0.2) is 4.98 Å². The van der Waals surface area contributed by atoms with E-state index in [4.69, 9.17) is 9.47 Å². The Balaban J connectivity index is 1.90. The molecule has 0 spiro atoms. The minimum atomic E-state index is -0.271. The third-order valence-electron chi connectivity index (χ3n) is 2.61. The number of pyridine rings is 1. The van der Waals surface area contributed by atoms with E-state index >= 15 is 0 Å². The number of hydrogen-bond donors (Lipinski definition) is 1. The Kier molecular flexibility index (Phi) is 4.55. The molecular weight excluding hydrogens is 256 g/mol. The quantitative estimate of drug-likeness (QED) is 0.908. The molecule has 2 rings (SSSR count). The molecule has 0 atom stereocenters. The smallest absolute Gasteiger partial charge is 0.263 e. The zero-order chi connectivity index (χ0) is 14.4. The Labute approximate surface area is 117 Å². The SMILES string of the molecule is COc1ccccc1OCC(=O)Nc1ccc(C)cn1. The minimum absolute atomic E-state index is 0.101. The summed E-state index contributed by atoms with van der Waals surface area (Å²) in [7, 11) is 1.55. The van der Waals surface area contributed by atoms with Crippen molar-refractivity contribution in [2.45, 2.75) is 6.92 Å². The molecule has 2 aromatic rings. The molecule has 1 amide bonds. The van der Waals surface area contributed by atoms with Gasteiger partial charge in [0.1, 0.15) is 5.82 Å². The molecule has 20 heavy (non-hydrogen) atoms. The summed E-state index contributed by atoms with van der Waals surface area (Å²) in [6.07, 6.45) is 1.69. The Bertz CT molecular complexity index is 582. The van der Waals surface area contributed by atoms with Crippen LogP contribution in [0.2, 0.25) is 0 Å². The van der Waals surface area contributed by atoms with Crippen LogP contribution in [0.5, 0.6) is 11.5 Å². The molecule has 0 unspecified atom stereocenters. The molecule has 1 N–H and O–H groups in total. The topological polar surface area (TPSA) is 60.5 Å². The van der Waals surface area contributed by atoms with Crippen LogP contribution in [0.15, 0.2) is 42.6 Å². The molecule has 0 bridgehead atoms. The van der Waals surface area contributed by atoms with Crippen LogP contribution in [0.4, 0.5) is 5.82 Å². The van der Waals surface area contributed by atoms with E-state index in [1.807, 2.05) is 25.1 Å². The van der Waals surface area contributed by atoms with Gasteiger partial charge in [-0.3, -0.25) is 4.79 Å². The first-order valence-electron chi connectivity index (χ1n) is 6.17. The van der Waals surface area contributed by atoms with Crippen molar-refractivity contribution in [3.8, 4) is 11.5 Å². The van der Waals surface area contributed by atoms with Crippen LogP contribution in [0.3, 0.4) is 0 Å². The third-order valence-corrected chi connectivity index (χ3v) is 2.61. The molecule has 1 heterocycles. The predicted molar refractivity (Wildman–Crippen MR) is 76.1 cm³/mol. The molecule has 0 saturated carbocycles. The van der Waals surface area contributed by atoms with Crippen molar-refractivity contribution in [1.29, 1.82) is 0 Å². The molecule has 1 aromatic carbocycles. The van der Waals surface area contributed by atoms with E-state index < -0.39 is 0 Å². The maximum absolute atomic E-state index is 11.8. The van der Waals surface area contributed by atoms with Crippen LogP contribution < -0.4 is 14.8 Å². The summed E-state index contributed by atoms with van der Waals surface area (Å²) in [5.41, 5.74) is 1.04. The van der Waals surface area contributed by atoms with Crippen molar-refractivity contribution in [1.82, 2.24) is 4.98 Å². The van der Waals surface area contributed by atoms with Crippen LogP contribution in [-0.2, 0) is 4.79 Å². The predicted octanol–water partition coefficient (Wildman–Crippen LogP) is 2.42. The number of benzene rings is 1. The fraction of sp³-hybridized carbons (Fsp3) is 0.200. The van der Waals surface area contributed by atoms with Gasteiger partial charge in [0.25, 0.3) is 5.91 Å². The Morgan fingerprint density at radius 2 is 1.95 bits per heavy atom. The number of rotatable bonds is 5. The average molecular weight is 272 g/mol. The van der Waals surface area contributed by atoms with E-state index in [0.717, 1.165) is 5.56 Å². The number of anilines is 1. The lowest BCUT2D eigenvalue weighted by molar-refractivity contribution is -0.118. The first kappa shape index (κ1) is 13.9. The van der Waals surface area contributed by atoms with Crippen molar-refractivity contribution >= 4 is 11.7 Å². The molecular formula is C15H16N2O3. The van der Waals surface area contributed by atoms with Gasteiger partial charge >= 0.3 is 0 Å². The first-order chi connectivity index (χ1) is 9.69. The highest BCUT2D eigenvalue weighted by Gasteiger charge is 2.07. The second kappa shape index (κ2) is 6.56. The lowest BCUT2D eigenvalue weighted by Crippen LogP contribution is -2.20. The van der Waals surface area contributed by atoms with Gasteiger partial charge in [0.15, 0.2) is 18.1 Å². The number of nitrogens with zero attached hydrogens (tertiary/aromatic N) is 1. The van der Waals surface area contributed by atoms with Crippen molar-refractivity contribution in [2.24, 2.45) is 0 Å². The monoisotopic (exact) mass is 272 g/mol. The zero-order valence-corrected chi connectivity index (χ0v) is 11.4. The van der Waals surface area contributed by atoms with Crippen LogP contribution in [-0.4, -0.2) is 24.6 Å². The van der Waals surface area contributed by atoms with E-state index in [9.17, 15) is 4.79 Å². The van der Waals surface area contributed by atoms with Crippen LogP contribution in [0.25, 0.3) is 0 Å². The second-order valence-electron chi connectivity index (χ2n) is 4.21. The van der Waals surface area contributed by atoms with Gasteiger partial charge < -0.3 is 14.8 Å². The van der Waals surface area contributed by atoms with Crippen molar-refractivity contribution in [3.05, 3.63) is 48.2 Å². The highest BCUT2D eigenvalue weighted by Crippen LogP contribution is 2.25. The molecule has 1 aromatic heterocycles. The number of amides is 1. The number of aryl methyl sites for hydroxylation is 1. The maximum Gasteiger partial charge on any atom is 0.263 e. The number of carbonyl (C=O) groups excluding carboxylic acids is 1. The largest absolute Gasteiger partial charge is 0.493 e. The molecule has 5 nitrogen and oxygen atoms in total. The molecule has 0 aliphatic carbocycles. The van der Waals surface area contributed by atoms with Gasteiger partial charge in [-0.1, -0.05) is 18.2 Å². The summed E-state index contributed by atoms with van der Waals surface area (Å²) in [5.74, 6) is 1.35. The number of ether oxygens (including phenoxy) is 2. The van der Waals surface area contributed by atoms with Crippen LogP contribution in [0, 0.1) is 6.92 Å². The highest BCUT2D eigenvalue weighted by atomic mass is 16.5. The number of methoxy groups -OCH3 is 1. The molecule has 0 aliphatic heterocycles. The summed E-state index contributed by atoms with van der Waals surface area (Å²) in [4.78, 5) is 15.8. The number of carbonyl (C=O) groups is 1. The number of hydrogen-bond acceptors (Lipinski definition) is 4. The average Bonchev–Trinajstić information content (AvgIpc) is 2.48. The Morgan fingerprint density at radius 1 is 1.20 bits per heavy atom. The third kappa shape index (κ3) is 3.71. The van der Waals surface area contributed by atoms with Gasteiger partial charge in [0.2, 0.25) is 0 Å². The normalized spacial score (nSPS) is 9.90. The molecule has 5 heteroatoms. The molecule has 0 radical (unpaired) electrons. The zero-order valence-electron chi connectivity index (χ0n) is 11.4. The molecule has 104 valence electrons. The van der Waals surface area contributed by atoms with Crippen LogP contribution >= 0.6 is 0 Å². The van der Waals surface area contributed by atoms with E-state index in [-0.39, 0.29) is 12.5 Å².